The van der Waals surface area contributed by atoms with Crippen LogP contribution in [0, 0.1) is 5.92 Å². The monoisotopic (exact) mass is 201 g/mol. The summed E-state index contributed by atoms with van der Waals surface area (Å²) >= 11 is 0. The highest BCUT2D eigenvalue weighted by Crippen LogP contribution is 2.33. The highest BCUT2D eigenvalue weighted by molar-refractivity contribution is 5.67. The lowest BCUT2D eigenvalue weighted by atomic mass is 10.2. The number of aliphatic hydroxyl groups excluding tert-OH is 1. The van der Waals surface area contributed by atoms with Gasteiger partial charge in [0.25, 0.3) is 0 Å². The SMILES string of the molecule is O=C(O)CC(O)CNCCCC1CC1. The first-order chi connectivity index (χ1) is 6.68. The molecule has 1 fully saturated rings. The van der Waals surface area contributed by atoms with Crippen LogP contribution in [-0.4, -0.2) is 35.4 Å². The summed E-state index contributed by atoms with van der Waals surface area (Å²) in [5.41, 5.74) is 0. The van der Waals surface area contributed by atoms with Gasteiger partial charge in [0, 0.05) is 6.54 Å². The Morgan fingerprint density at radius 2 is 2.21 bits per heavy atom. The molecule has 0 saturated heterocycles. The van der Waals surface area contributed by atoms with E-state index >= 15 is 0 Å². The molecule has 1 aliphatic rings. The summed E-state index contributed by atoms with van der Waals surface area (Å²) in [6, 6.07) is 0. The van der Waals surface area contributed by atoms with E-state index in [4.69, 9.17) is 5.11 Å². The molecule has 1 rings (SSSR count). The maximum atomic E-state index is 10.2. The van der Waals surface area contributed by atoms with E-state index in [2.05, 4.69) is 5.32 Å². The van der Waals surface area contributed by atoms with Crippen molar-refractivity contribution in [2.75, 3.05) is 13.1 Å². The molecule has 0 aromatic rings. The first-order valence-electron chi connectivity index (χ1n) is 5.29. The quantitative estimate of drug-likeness (QED) is 0.503. The number of carbonyl (C=O) groups is 1. The summed E-state index contributed by atoms with van der Waals surface area (Å²) in [7, 11) is 0. The zero-order valence-corrected chi connectivity index (χ0v) is 8.41. The molecule has 0 radical (unpaired) electrons. The number of carboxylic acid groups (broad SMARTS) is 1. The van der Waals surface area contributed by atoms with Crippen LogP contribution >= 0.6 is 0 Å². The minimum atomic E-state index is -0.947. The number of carboxylic acids is 1. The molecule has 4 heteroatoms. The molecule has 0 amide bonds. The van der Waals surface area contributed by atoms with Crippen LogP contribution in [0.3, 0.4) is 0 Å². The molecule has 0 heterocycles. The van der Waals surface area contributed by atoms with E-state index in [9.17, 15) is 9.90 Å². The second-order valence-corrected chi connectivity index (χ2v) is 4.04. The normalized spacial score (nSPS) is 18.1. The van der Waals surface area contributed by atoms with Gasteiger partial charge in [0.1, 0.15) is 0 Å². The highest BCUT2D eigenvalue weighted by atomic mass is 16.4. The molecule has 3 N–H and O–H groups in total. The molecule has 0 spiro atoms. The number of rotatable bonds is 8. The molecular weight excluding hydrogens is 182 g/mol. The van der Waals surface area contributed by atoms with Crippen molar-refractivity contribution in [1.29, 1.82) is 0 Å². The lowest BCUT2D eigenvalue weighted by Gasteiger charge is -2.08. The topological polar surface area (TPSA) is 69.6 Å². The van der Waals surface area contributed by atoms with Gasteiger partial charge in [-0.15, -0.1) is 0 Å². The fourth-order valence-corrected chi connectivity index (χ4v) is 1.46. The van der Waals surface area contributed by atoms with Gasteiger partial charge < -0.3 is 15.5 Å². The first kappa shape index (κ1) is 11.5. The van der Waals surface area contributed by atoms with E-state index in [1.165, 1.54) is 19.3 Å². The Hall–Kier alpha value is -0.610. The molecular formula is C10H19NO3. The average molecular weight is 201 g/mol. The van der Waals surface area contributed by atoms with E-state index in [1.54, 1.807) is 0 Å². The Balaban J connectivity index is 1.83. The summed E-state index contributed by atoms with van der Waals surface area (Å²) in [6.45, 7) is 1.27. The van der Waals surface area contributed by atoms with Crippen LogP contribution in [0.25, 0.3) is 0 Å². The van der Waals surface area contributed by atoms with Gasteiger partial charge in [-0.2, -0.15) is 0 Å². The van der Waals surface area contributed by atoms with Crippen molar-refractivity contribution >= 4 is 5.97 Å². The highest BCUT2D eigenvalue weighted by Gasteiger charge is 2.19. The summed E-state index contributed by atoms with van der Waals surface area (Å²) in [5.74, 6) is -0.00183. The van der Waals surface area contributed by atoms with Gasteiger partial charge in [-0.25, -0.2) is 0 Å². The van der Waals surface area contributed by atoms with Crippen LogP contribution < -0.4 is 5.32 Å². The number of hydrogen-bond acceptors (Lipinski definition) is 3. The Labute approximate surface area is 84.3 Å². The second kappa shape index (κ2) is 5.98. The third-order valence-electron chi connectivity index (χ3n) is 2.45. The standard InChI is InChI=1S/C10H19NO3/c12-9(6-10(13)14)7-11-5-1-2-8-3-4-8/h8-9,11-12H,1-7H2,(H,13,14). The van der Waals surface area contributed by atoms with Crippen molar-refractivity contribution < 1.29 is 15.0 Å². The Morgan fingerprint density at radius 1 is 1.50 bits per heavy atom. The Kier molecular flexibility index (Phi) is 4.90. The Bertz CT molecular complexity index is 180. The molecule has 1 atom stereocenters. The summed E-state index contributed by atoms with van der Waals surface area (Å²) in [5, 5.41) is 20.6. The van der Waals surface area contributed by atoms with Crippen LogP contribution in [-0.2, 0) is 4.79 Å². The van der Waals surface area contributed by atoms with Crippen molar-refractivity contribution in [2.45, 2.75) is 38.2 Å². The van der Waals surface area contributed by atoms with E-state index in [0.717, 1.165) is 18.9 Å². The predicted octanol–water partition coefficient (Wildman–Crippen LogP) is 0.602. The van der Waals surface area contributed by atoms with E-state index < -0.39 is 12.1 Å². The molecule has 1 aliphatic carbocycles. The van der Waals surface area contributed by atoms with E-state index in [0.29, 0.717) is 6.54 Å². The zero-order valence-electron chi connectivity index (χ0n) is 8.41. The van der Waals surface area contributed by atoms with Gasteiger partial charge in [0.15, 0.2) is 0 Å². The fraction of sp³-hybridized carbons (Fsp3) is 0.900. The van der Waals surface area contributed by atoms with Crippen LogP contribution in [0.15, 0.2) is 0 Å². The van der Waals surface area contributed by atoms with E-state index in [1.807, 2.05) is 0 Å². The first-order valence-corrected chi connectivity index (χ1v) is 5.29. The summed E-state index contributed by atoms with van der Waals surface area (Å²) < 4.78 is 0. The number of nitrogens with one attached hydrogen (secondary N) is 1. The zero-order chi connectivity index (χ0) is 10.4. The maximum Gasteiger partial charge on any atom is 0.306 e. The third-order valence-corrected chi connectivity index (χ3v) is 2.45. The minimum Gasteiger partial charge on any atom is -0.481 e. The Morgan fingerprint density at radius 3 is 2.79 bits per heavy atom. The number of aliphatic hydroxyl groups is 1. The van der Waals surface area contributed by atoms with Gasteiger partial charge >= 0.3 is 5.97 Å². The lowest BCUT2D eigenvalue weighted by molar-refractivity contribution is -0.139. The van der Waals surface area contributed by atoms with Crippen LogP contribution in [0.1, 0.15) is 32.1 Å². The molecule has 14 heavy (non-hydrogen) atoms. The molecule has 1 unspecified atom stereocenters. The summed E-state index contributed by atoms with van der Waals surface area (Å²) in [6.07, 6.45) is 4.22. The second-order valence-electron chi connectivity index (χ2n) is 4.04. The maximum absolute atomic E-state index is 10.2. The van der Waals surface area contributed by atoms with Gasteiger partial charge in [0.05, 0.1) is 12.5 Å². The van der Waals surface area contributed by atoms with Crippen molar-refractivity contribution in [1.82, 2.24) is 5.32 Å². The molecule has 0 aromatic heterocycles. The number of aliphatic carboxylic acids is 1. The van der Waals surface area contributed by atoms with Crippen molar-refractivity contribution in [3.05, 3.63) is 0 Å². The van der Waals surface area contributed by atoms with Crippen molar-refractivity contribution in [3.63, 3.8) is 0 Å². The lowest BCUT2D eigenvalue weighted by Crippen LogP contribution is -2.29. The van der Waals surface area contributed by atoms with Crippen molar-refractivity contribution in [2.24, 2.45) is 5.92 Å². The molecule has 0 aromatic carbocycles. The molecule has 0 bridgehead atoms. The molecule has 4 nitrogen and oxygen atoms in total. The molecule has 1 saturated carbocycles. The smallest absolute Gasteiger partial charge is 0.306 e. The van der Waals surface area contributed by atoms with Crippen LogP contribution in [0.4, 0.5) is 0 Å². The van der Waals surface area contributed by atoms with Crippen molar-refractivity contribution in [3.8, 4) is 0 Å². The minimum absolute atomic E-state index is 0.171. The van der Waals surface area contributed by atoms with Gasteiger partial charge in [0.2, 0.25) is 0 Å². The largest absolute Gasteiger partial charge is 0.481 e. The van der Waals surface area contributed by atoms with Crippen LogP contribution in [0.2, 0.25) is 0 Å². The number of hydrogen-bond donors (Lipinski definition) is 3. The third kappa shape index (κ3) is 5.94. The van der Waals surface area contributed by atoms with Gasteiger partial charge in [-0.05, 0) is 25.3 Å². The predicted molar refractivity (Wildman–Crippen MR) is 53.1 cm³/mol. The van der Waals surface area contributed by atoms with Gasteiger partial charge in [-0.1, -0.05) is 12.8 Å². The average Bonchev–Trinajstić information content (AvgIpc) is 2.86. The molecule has 0 aliphatic heterocycles. The van der Waals surface area contributed by atoms with Gasteiger partial charge in [-0.3, -0.25) is 4.79 Å². The summed E-state index contributed by atoms with van der Waals surface area (Å²) in [4.78, 5) is 10.2. The fourth-order valence-electron chi connectivity index (χ4n) is 1.46. The van der Waals surface area contributed by atoms with E-state index in [-0.39, 0.29) is 6.42 Å². The van der Waals surface area contributed by atoms with Crippen LogP contribution in [0.5, 0.6) is 0 Å². The molecule has 82 valence electrons.